The molecule has 18 heavy (non-hydrogen) atoms. The maximum Gasteiger partial charge on any atom is 0.0767 e. The monoisotopic (exact) mass is 246 g/mol. The Morgan fingerprint density at radius 1 is 1.17 bits per heavy atom. The van der Waals surface area contributed by atoms with E-state index in [1.165, 1.54) is 10.9 Å². The zero-order chi connectivity index (χ0) is 13.4. The maximum atomic E-state index is 10.1. The van der Waals surface area contributed by atoms with Gasteiger partial charge in [0.05, 0.1) is 5.60 Å². The molecule has 1 aromatic heterocycles. The summed E-state index contributed by atoms with van der Waals surface area (Å²) < 4.78 is 0. The second kappa shape index (κ2) is 4.41. The lowest BCUT2D eigenvalue weighted by Crippen LogP contribution is -2.55. The number of rotatable bonds is 4. The predicted molar refractivity (Wildman–Crippen MR) is 75.5 cm³/mol. The van der Waals surface area contributed by atoms with Crippen LogP contribution in [0.1, 0.15) is 33.3 Å². The van der Waals surface area contributed by atoms with Crippen LogP contribution in [-0.2, 0) is 6.54 Å². The highest BCUT2D eigenvalue weighted by molar-refractivity contribution is 5.79. The summed E-state index contributed by atoms with van der Waals surface area (Å²) in [5.74, 6) is 0. The molecule has 0 saturated carbocycles. The number of fused-ring (bicyclic) bond motifs is 1. The summed E-state index contributed by atoms with van der Waals surface area (Å²) in [6, 6.07) is 8.43. The van der Waals surface area contributed by atoms with Gasteiger partial charge < -0.3 is 15.4 Å². The van der Waals surface area contributed by atoms with E-state index in [0.717, 1.165) is 12.1 Å². The van der Waals surface area contributed by atoms with Crippen LogP contribution in [0.15, 0.2) is 30.5 Å². The van der Waals surface area contributed by atoms with E-state index in [1.54, 1.807) is 0 Å². The van der Waals surface area contributed by atoms with Crippen LogP contribution in [0.3, 0.4) is 0 Å². The smallest absolute Gasteiger partial charge is 0.0767 e. The number of benzene rings is 1. The van der Waals surface area contributed by atoms with Gasteiger partial charge in [0.2, 0.25) is 0 Å². The Morgan fingerprint density at radius 3 is 2.56 bits per heavy atom. The molecule has 0 atom stereocenters. The Morgan fingerprint density at radius 2 is 1.89 bits per heavy atom. The van der Waals surface area contributed by atoms with Crippen LogP contribution >= 0.6 is 0 Å². The van der Waals surface area contributed by atoms with Crippen molar-refractivity contribution < 1.29 is 5.11 Å². The van der Waals surface area contributed by atoms with Crippen molar-refractivity contribution >= 4 is 10.9 Å². The SMILES string of the molecule is CC(C)(O)C(C)(C)NCc1ccc2cc[nH]c2c1. The summed E-state index contributed by atoms with van der Waals surface area (Å²) in [7, 11) is 0. The lowest BCUT2D eigenvalue weighted by molar-refractivity contribution is -0.00531. The Bertz CT molecular complexity index is 535. The van der Waals surface area contributed by atoms with E-state index < -0.39 is 5.60 Å². The zero-order valence-corrected chi connectivity index (χ0v) is 11.5. The van der Waals surface area contributed by atoms with Crippen LogP contribution in [0.5, 0.6) is 0 Å². The quantitative estimate of drug-likeness (QED) is 0.777. The molecule has 0 amide bonds. The number of aromatic amines is 1. The van der Waals surface area contributed by atoms with Gasteiger partial charge in [-0.3, -0.25) is 0 Å². The molecular formula is C15H22N2O. The van der Waals surface area contributed by atoms with Crippen molar-refractivity contribution in [3.8, 4) is 0 Å². The lowest BCUT2D eigenvalue weighted by atomic mass is 9.86. The van der Waals surface area contributed by atoms with Gasteiger partial charge in [0.15, 0.2) is 0 Å². The van der Waals surface area contributed by atoms with E-state index in [1.807, 2.05) is 33.9 Å². The van der Waals surface area contributed by atoms with Crippen LogP contribution in [0.4, 0.5) is 0 Å². The molecule has 1 aromatic carbocycles. The standard InChI is InChI=1S/C15H22N2O/c1-14(2,15(3,4)18)17-10-11-5-6-12-7-8-16-13(12)9-11/h5-9,16-18H,10H2,1-4H3. The fourth-order valence-corrected chi connectivity index (χ4v) is 1.74. The third-order valence-corrected chi connectivity index (χ3v) is 3.88. The number of aliphatic hydroxyl groups is 1. The normalized spacial score (nSPS) is 13.2. The van der Waals surface area contributed by atoms with E-state index in [9.17, 15) is 5.11 Å². The van der Waals surface area contributed by atoms with Gasteiger partial charge in [-0.2, -0.15) is 0 Å². The summed E-state index contributed by atoms with van der Waals surface area (Å²) in [5, 5.41) is 14.7. The Labute approximate surface area is 108 Å². The molecule has 0 aliphatic heterocycles. The van der Waals surface area contributed by atoms with Crippen molar-refractivity contribution in [2.45, 2.75) is 45.4 Å². The Balaban J connectivity index is 2.10. The van der Waals surface area contributed by atoms with E-state index in [-0.39, 0.29) is 5.54 Å². The number of hydrogen-bond donors (Lipinski definition) is 3. The molecule has 1 heterocycles. The van der Waals surface area contributed by atoms with E-state index in [0.29, 0.717) is 0 Å². The molecule has 3 nitrogen and oxygen atoms in total. The molecule has 0 aliphatic rings. The minimum absolute atomic E-state index is 0.336. The fourth-order valence-electron chi connectivity index (χ4n) is 1.74. The number of hydrogen-bond acceptors (Lipinski definition) is 2. The first-order valence-corrected chi connectivity index (χ1v) is 6.33. The van der Waals surface area contributed by atoms with Gasteiger partial charge in [0, 0.05) is 23.8 Å². The van der Waals surface area contributed by atoms with Crippen molar-refractivity contribution in [2.75, 3.05) is 0 Å². The zero-order valence-electron chi connectivity index (χ0n) is 11.5. The van der Waals surface area contributed by atoms with Gasteiger partial charge in [-0.15, -0.1) is 0 Å². The Hall–Kier alpha value is -1.32. The highest BCUT2D eigenvalue weighted by Crippen LogP contribution is 2.21. The van der Waals surface area contributed by atoms with Crippen LogP contribution in [-0.4, -0.2) is 21.2 Å². The van der Waals surface area contributed by atoms with E-state index in [4.69, 9.17) is 0 Å². The summed E-state index contributed by atoms with van der Waals surface area (Å²) in [4.78, 5) is 3.21. The molecule has 0 saturated heterocycles. The average Bonchev–Trinajstić information content (AvgIpc) is 2.71. The molecule has 0 aliphatic carbocycles. The van der Waals surface area contributed by atoms with Gasteiger partial charge >= 0.3 is 0 Å². The summed E-state index contributed by atoms with van der Waals surface area (Å²) in [5.41, 5.74) is 1.26. The maximum absolute atomic E-state index is 10.1. The van der Waals surface area contributed by atoms with Crippen molar-refractivity contribution in [2.24, 2.45) is 0 Å². The number of H-pyrrole nitrogens is 1. The topological polar surface area (TPSA) is 48.0 Å². The van der Waals surface area contributed by atoms with Crippen molar-refractivity contribution in [1.29, 1.82) is 0 Å². The van der Waals surface area contributed by atoms with Crippen molar-refractivity contribution in [3.05, 3.63) is 36.0 Å². The Kier molecular flexibility index (Phi) is 3.21. The highest BCUT2D eigenvalue weighted by atomic mass is 16.3. The second-order valence-electron chi connectivity index (χ2n) is 5.94. The number of nitrogens with one attached hydrogen (secondary N) is 2. The second-order valence-corrected chi connectivity index (χ2v) is 5.94. The first kappa shape index (κ1) is 13.1. The number of aromatic nitrogens is 1. The van der Waals surface area contributed by atoms with Crippen molar-refractivity contribution in [3.63, 3.8) is 0 Å². The van der Waals surface area contributed by atoms with Crippen LogP contribution in [0, 0.1) is 0 Å². The third-order valence-electron chi connectivity index (χ3n) is 3.88. The van der Waals surface area contributed by atoms with Crippen LogP contribution < -0.4 is 5.32 Å². The summed E-state index contributed by atoms with van der Waals surface area (Å²) in [6.07, 6.45) is 1.95. The van der Waals surface area contributed by atoms with E-state index >= 15 is 0 Å². The van der Waals surface area contributed by atoms with Gasteiger partial charge in [-0.25, -0.2) is 0 Å². The van der Waals surface area contributed by atoms with Gasteiger partial charge in [-0.1, -0.05) is 12.1 Å². The molecular weight excluding hydrogens is 224 g/mol. The minimum Gasteiger partial charge on any atom is -0.389 e. The molecule has 0 fully saturated rings. The predicted octanol–water partition coefficient (Wildman–Crippen LogP) is 2.81. The molecule has 3 heteroatoms. The van der Waals surface area contributed by atoms with Gasteiger partial charge in [0.1, 0.15) is 0 Å². The first-order chi connectivity index (χ1) is 8.29. The molecule has 2 rings (SSSR count). The molecule has 0 bridgehead atoms. The molecule has 2 aromatic rings. The molecule has 0 unspecified atom stereocenters. The average molecular weight is 246 g/mol. The van der Waals surface area contributed by atoms with Gasteiger partial charge in [0.25, 0.3) is 0 Å². The minimum atomic E-state index is -0.760. The molecule has 3 N–H and O–H groups in total. The van der Waals surface area contributed by atoms with E-state index in [2.05, 4.69) is 34.6 Å². The summed E-state index contributed by atoms with van der Waals surface area (Å²) >= 11 is 0. The largest absolute Gasteiger partial charge is 0.389 e. The highest BCUT2D eigenvalue weighted by Gasteiger charge is 2.34. The third kappa shape index (κ3) is 2.57. The first-order valence-electron chi connectivity index (χ1n) is 6.33. The molecule has 0 radical (unpaired) electrons. The fraction of sp³-hybridized carbons (Fsp3) is 0.467. The van der Waals surface area contributed by atoms with Crippen LogP contribution in [0.2, 0.25) is 0 Å². The molecule has 0 spiro atoms. The van der Waals surface area contributed by atoms with Crippen molar-refractivity contribution in [1.82, 2.24) is 10.3 Å². The van der Waals surface area contributed by atoms with Crippen LogP contribution in [0.25, 0.3) is 10.9 Å². The lowest BCUT2D eigenvalue weighted by Gasteiger charge is -2.38. The molecule has 98 valence electrons. The summed E-state index contributed by atoms with van der Waals surface area (Å²) in [6.45, 7) is 8.43. The van der Waals surface area contributed by atoms with Gasteiger partial charge in [-0.05, 0) is 50.8 Å².